The highest BCUT2D eigenvalue weighted by Gasteiger charge is 2.59. The number of aliphatic carboxylic acids is 1. The lowest BCUT2D eigenvalue weighted by atomic mass is 9.91. The molecule has 1 aliphatic carbocycles. The van der Waals surface area contributed by atoms with Crippen molar-refractivity contribution >= 4 is 22.8 Å². The average molecular weight is 341 g/mol. The van der Waals surface area contributed by atoms with Crippen molar-refractivity contribution in [3.8, 4) is 0 Å². The van der Waals surface area contributed by atoms with Gasteiger partial charge in [-0.15, -0.1) is 0 Å². The monoisotopic (exact) mass is 341 g/mol. The molecular weight excluding hydrogens is 322 g/mol. The van der Waals surface area contributed by atoms with E-state index in [1.54, 1.807) is 23.1 Å². The number of carbonyl (C=O) groups excluding carboxylic acids is 1. The second-order valence-electron chi connectivity index (χ2n) is 7.03. The standard InChI is InChI=1S/C18H19N3O4/c22-15(20-7-5-18(6-8-20)9-13(18)17(24)25)10-21-11-19-14-4-2-1-3-12(14)16(21)23/h1-4,11,13H,5-10H2,(H,24,25). The molecule has 1 aliphatic heterocycles. The van der Waals surface area contributed by atoms with Crippen LogP contribution in [0.15, 0.2) is 35.4 Å². The summed E-state index contributed by atoms with van der Waals surface area (Å²) in [5, 5.41) is 9.63. The number of aromatic nitrogens is 2. The van der Waals surface area contributed by atoms with Crippen LogP contribution in [0.1, 0.15) is 19.3 Å². The van der Waals surface area contributed by atoms with Gasteiger partial charge >= 0.3 is 5.97 Å². The van der Waals surface area contributed by atoms with E-state index in [4.69, 9.17) is 5.11 Å². The number of para-hydroxylation sites is 1. The van der Waals surface area contributed by atoms with Gasteiger partial charge in [-0.2, -0.15) is 0 Å². The molecule has 1 saturated heterocycles. The summed E-state index contributed by atoms with van der Waals surface area (Å²) in [6.07, 6.45) is 3.58. The van der Waals surface area contributed by atoms with E-state index in [-0.39, 0.29) is 29.3 Å². The van der Waals surface area contributed by atoms with Gasteiger partial charge in [-0.1, -0.05) is 12.1 Å². The van der Waals surface area contributed by atoms with Crippen molar-refractivity contribution in [2.45, 2.75) is 25.8 Å². The molecule has 2 heterocycles. The van der Waals surface area contributed by atoms with Gasteiger partial charge in [0.15, 0.2) is 0 Å². The number of carboxylic acid groups (broad SMARTS) is 1. The smallest absolute Gasteiger partial charge is 0.307 e. The summed E-state index contributed by atoms with van der Waals surface area (Å²) in [6, 6.07) is 7.06. The third-order valence-electron chi connectivity index (χ3n) is 5.64. The molecule has 2 aliphatic rings. The van der Waals surface area contributed by atoms with Crippen molar-refractivity contribution in [3.63, 3.8) is 0 Å². The maximum absolute atomic E-state index is 12.5. The Morgan fingerprint density at radius 1 is 1.24 bits per heavy atom. The largest absolute Gasteiger partial charge is 0.481 e. The molecule has 1 atom stereocenters. The number of nitrogens with zero attached hydrogens (tertiary/aromatic N) is 3. The predicted molar refractivity (Wildman–Crippen MR) is 90.0 cm³/mol. The van der Waals surface area contributed by atoms with E-state index in [1.165, 1.54) is 10.9 Å². The van der Waals surface area contributed by atoms with E-state index in [0.717, 1.165) is 19.3 Å². The van der Waals surface area contributed by atoms with Crippen LogP contribution in [0, 0.1) is 11.3 Å². The molecule has 2 fully saturated rings. The summed E-state index contributed by atoms with van der Waals surface area (Å²) in [6.45, 7) is 1.07. The minimum atomic E-state index is -0.728. The van der Waals surface area contributed by atoms with Crippen LogP contribution in [0.3, 0.4) is 0 Å². The number of likely N-dealkylation sites (tertiary alicyclic amines) is 1. The number of carboxylic acids is 1. The van der Waals surface area contributed by atoms with Crippen molar-refractivity contribution in [3.05, 3.63) is 40.9 Å². The number of piperidine rings is 1. The highest BCUT2D eigenvalue weighted by Crippen LogP contribution is 2.59. The van der Waals surface area contributed by atoms with Crippen LogP contribution in [-0.4, -0.2) is 44.5 Å². The van der Waals surface area contributed by atoms with Crippen LogP contribution in [0.4, 0.5) is 0 Å². The fourth-order valence-corrected chi connectivity index (χ4v) is 3.92. The average Bonchev–Trinajstić information content (AvgIpc) is 3.32. The van der Waals surface area contributed by atoms with Gasteiger partial charge in [-0.05, 0) is 36.8 Å². The highest BCUT2D eigenvalue weighted by molar-refractivity contribution is 5.79. The minimum absolute atomic E-state index is 0.0357. The normalized spacial score (nSPS) is 21.4. The first-order chi connectivity index (χ1) is 12.0. The lowest BCUT2D eigenvalue weighted by molar-refractivity contribution is -0.140. The molecule has 1 spiro atoms. The molecule has 2 aromatic rings. The lowest BCUT2D eigenvalue weighted by Gasteiger charge is -2.32. The zero-order valence-corrected chi connectivity index (χ0v) is 13.7. The first-order valence-electron chi connectivity index (χ1n) is 8.45. The molecule has 7 nitrogen and oxygen atoms in total. The molecule has 1 saturated carbocycles. The van der Waals surface area contributed by atoms with Crippen LogP contribution in [0.5, 0.6) is 0 Å². The molecule has 130 valence electrons. The Kier molecular flexibility index (Phi) is 3.59. The molecule has 1 unspecified atom stereocenters. The number of hydrogen-bond donors (Lipinski definition) is 1. The first kappa shape index (κ1) is 15.8. The van der Waals surface area contributed by atoms with E-state index in [1.807, 2.05) is 6.07 Å². The summed E-state index contributed by atoms with van der Waals surface area (Å²) < 4.78 is 1.34. The Labute approximate surface area is 143 Å². The van der Waals surface area contributed by atoms with Crippen molar-refractivity contribution < 1.29 is 14.7 Å². The molecule has 1 aromatic heterocycles. The van der Waals surface area contributed by atoms with Crippen LogP contribution >= 0.6 is 0 Å². The van der Waals surface area contributed by atoms with Gasteiger partial charge in [0.05, 0.1) is 23.1 Å². The molecule has 1 amide bonds. The van der Waals surface area contributed by atoms with E-state index in [0.29, 0.717) is 24.0 Å². The molecule has 4 rings (SSSR count). The maximum atomic E-state index is 12.5. The van der Waals surface area contributed by atoms with Crippen molar-refractivity contribution in [1.29, 1.82) is 0 Å². The molecule has 0 radical (unpaired) electrons. The maximum Gasteiger partial charge on any atom is 0.307 e. The van der Waals surface area contributed by atoms with E-state index >= 15 is 0 Å². The van der Waals surface area contributed by atoms with Gasteiger partial charge in [-0.3, -0.25) is 19.0 Å². The fourth-order valence-electron chi connectivity index (χ4n) is 3.92. The van der Waals surface area contributed by atoms with E-state index in [2.05, 4.69) is 4.98 Å². The second-order valence-corrected chi connectivity index (χ2v) is 7.03. The third kappa shape index (κ3) is 2.69. The molecular formula is C18H19N3O4. The summed E-state index contributed by atoms with van der Waals surface area (Å²) >= 11 is 0. The Bertz CT molecular complexity index is 912. The van der Waals surface area contributed by atoms with E-state index in [9.17, 15) is 14.4 Å². The van der Waals surface area contributed by atoms with Gasteiger partial charge < -0.3 is 10.0 Å². The van der Waals surface area contributed by atoms with Gasteiger partial charge in [0.1, 0.15) is 6.54 Å². The summed E-state index contributed by atoms with van der Waals surface area (Å²) in [5.41, 5.74) is 0.286. The molecule has 1 aromatic carbocycles. The lowest BCUT2D eigenvalue weighted by Crippen LogP contribution is -2.42. The molecule has 1 N–H and O–H groups in total. The summed E-state index contributed by atoms with van der Waals surface area (Å²) in [4.78, 5) is 42.1. The molecule has 0 bridgehead atoms. The third-order valence-corrected chi connectivity index (χ3v) is 5.64. The van der Waals surface area contributed by atoms with Gasteiger partial charge in [0, 0.05) is 13.1 Å². The van der Waals surface area contributed by atoms with Crippen molar-refractivity contribution in [2.75, 3.05) is 13.1 Å². The van der Waals surface area contributed by atoms with Crippen molar-refractivity contribution in [2.24, 2.45) is 11.3 Å². The number of rotatable bonds is 3. The van der Waals surface area contributed by atoms with Gasteiger partial charge in [0.2, 0.25) is 5.91 Å². The number of carbonyl (C=O) groups is 2. The Morgan fingerprint density at radius 3 is 2.64 bits per heavy atom. The fraction of sp³-hybridized carbons (Fsp3) is 0.444. The van der Waals surface area contributed by atoms with Crippen molar-refractivity contribution in [1.82, 2.24) is 14.5 Å². The number of fused-ring (bicyclic) bond motifs is 1. The van der Waals surface area contributed by atoms with Gasteiger partial charge in [-0.25, -0.2) is 4.98 Å². The van der Waals surface area contributed by atoms with Crippen LogP contribution < -0.4 is 5.56 Å². The first-order valence-corrected chi connectivity index (χ1v) is 8.45. The van der Waals surface area contributed by atoms with Crippen LogP contribution in [-0.2, 0) is 16.1 Å². The Hall–Kier alpha value is -2.70. The SMILES string of the molecule is O=C(O)C1CC12CCN(C(=O)Cn1cnc3ccccc3c1=O)CC2. The molecule has 7 heteroatoms. The predicted octanol–water partition coefficient (Wildman–Crippen LogP) is 1.11. The Balaban J connectivity index is 1.44. The molecule has 25 heavy (non-hydrogen) atoms. The second kappa shape index (κ2) is 5.68. The van der Waals surface area contributed by atoms with E-state index < -0.39 is 5.97 Å². The highest BCUT2D eigenvalue weighted by atomic mass is 16.4. The van der Waals surface area contributed by atoms with Crippen LogP contribution in [0.2, 0.25) is 0 Å². The Morgan fingerprint density at radius 2 is 1.96 bits per heavy atom. The topological polar surface area (TPSA) is 92.5 Å². The summed E-state index contributed by atoms with van der Waals surface area (Å²) in [5.74, 6) is -1.10. The van der Waals surface area contributed by atoms with Gasteiger partial charge in [0.25, 0.3) is 5.56 Å². The van der Waals surface area contributed by atoms with Crippen LogP contribution in [0.25, 0.3) is 10.9 Å². The number of benzene rings is 1. The summed E-state index contributed by atoms with van der Waals surface area (Å²) in [7, 11) is 0. The zero-order chi connectivity index (χ0) is 17.6. The number of hydrogen-bond acceptors (Lipinski definition) is 4. The minimum Gasteiger partial charge on any atom is -0.481 e. The quantitative estimate of drug-likeness (QED) is 0.903. The number of amides is 1. The zero-order valence-electron chi connectivity index (χ0n) is 13.7.